The van der Waals surface area contributed by atoms with Gasteiger partial charge in [-0.15, -0.1) is 11.3 Å². The van der Waals surface area contributed by atoms with Gasteiger partial charge in [-0.3, -0.25) is 0 Å². The van der Waals surface area contributed by atoms with Crippen molar-refractivity contribution in [3.8, 4) is 28.7 Å². The van der Waals surface area contributed by atoms with Crippen molar-refractivity contribution in [3.05, 3.63) is 139 Å². The molecule has 0 saturated heterocycles. The predicted octanol–water partition coefficient (Wildman–Crippen LogP) is 10.7. The van der Waals surface area contributed by atoms with E-state index in [1.54, 1.807) is 0 Å². The molecule has 5 aromatic carbocycles. The molecule has 0 N–H and O–H groups in total. The number of hydrogen-bond donors (Lipinski definition) is 0. The molecule has 2 aliphatic carbocycles. The van der Waals surface area contributed by atoms with Gasteiger partial charge in [0.25, 0.3) is 0 Å². The third kappa shape index (κ3) is 4.02. The number of fused-ring (bicyclic) bond motifs is 8. The topological polar surface area (TPSA) is 12.5 Å². The highest BCUT2D eigenvalue weighted by Gasteiger charge is 2.34. The Morgan fingerprint density at radius 3 is 2.51 bits per heavy atom. The molecule has 2 heterocycles. The fraction of sp³-hybridized carbons (Fsp3) is 0.100. The van der Waals surface area contributed by atoms with Gasteiger partial charge in [-0.25, -0.2) is 0 Å². The van der Waals surface area contributed by atoms with Gasteiger partial charge in [-0.1, -0.05) is 84.7 Å². The van der Waals surface area contributed by atoms with E-state index in [9.17, 15) is 0 Å². The summed E-state index contributed by atoms with van der Waals surface area (Å²) >= 11 is 1.87. The van der Waals surface area contributed by atoms with Gasteiger partial charge in [0, 0.05) is 42.8 Å². The van der Waals surface area contributed by atoms with Crippen molar-refractivity contribution in [2.75, 3.05) is 4.90 Å². The summed E-state index contributed by atoms with van der Waals surface area (Å²) < 4.78 is 8.86. The molecule has 1 aliphatic heterocycles. The second kappa shape index (κ2) is 9.76. The first-order chi connectivity index (χ1) is 21.3. The van der Waals surface area contributed by atoms with Crippen molar-refractivity contribution >= 4 is 53.7 Å². The fourth-order valence-corrected chi connectivity index (χ4v) is 7.96. The number of thiophene rings is 1. The summed E-state index contributed by atoms with van der Waals surface area (Å²) in [7, 11) is 0. The highest BCUT2D eigenvalue weighted by molar-refractivity contribution is 7.25. The van der Waals surface area contributed by atoms with E-state index in [0.717, 1.165) is 18.6 Å². The van der Waals surface area contributed by atoms with Crippen LogP contribution in [0, 0.1) is 11.8 Å². The van der Waals surface area contributed by atoms with Crippen LogP contribution in [0.4, 0.5) is 11.4 Å². The summed E-state index contributed by atoms with van der Waals surface area (Å²) in [6.07, 6.45) is 12.8. The number of benzene rings is 5. The van der Waals surface area contributed by atoms with Crippen molar-refractivity contribution in [2.45, 2.75) is 24.9 Å². The zero-order valence-corrected chi connectivity index (χ0v) is 24.3. The number of rotatable bonds is 4. The van der Waals surface area contributed by atoms with E-state index in [-0.39, 0.29) is 12.0 Å². The number of nitrogens with zero attached hydrogens (tertiary/aromatic N) is 1. The number of anilines is 2. The Bertz CT molecular complexity index is 2240. The SMILES string of the molecule is C1#CC2Oc3ccc4ccc(-c5ccc(N(C6=CC=CCC6)c6ccc7c(c6)sc6ccccc67)cc5)cc4c3C2C=C1. The van der Waals surface area contributed by atoms with Gasteiger partial charge in [0.15, 0.2) is 6.10 Å². The molecule has 43 heavy (non-hydrogen) atoms. The molecule has 2 atom stereocenters. The molecule has 1 aromatic heterocycles. The Hall–Kier alpha value is -5.04. The summed E-state index contributed by atoms with van der Waals surface area (Å²) in [4.78, 5) is 2.43. The number of allylic oxidation sites excluding steroid dienone is 5. The second-order valence-electron chi connectivity index (χ2n) is 11.4. The molecule has 2 nitrogen and oxygen atoms in total. The van der Waals surface area contributed by atoms with E-state index in [4.69, 9.17) is 4.74 Å². The summed E-state index contributed by atoms with van der Waals surface area (Å²) in [5, 5.41) is 5.14. The molecule has 0 radical (unpaired) electrons. The van der Waals surface area contributed by atoms with Crippen LogP contribution in [0.2, 0.25) is 0 Å². The first-order valence-corrected chi connectivity index (χ1v) is 15.7. The lowest BCUT2D eigenvalue weighted by Crippen LogP contribution is -2.17. The van der Waals surface area contributed by atoms with E-state index in [1.807, 2.05) is 17.4 Å². The summed E-state index contributed by atoms with van der Waals surface area (Å²) in [5.41, 5.74) is 7.36. The molecule has 0 saturated carbocycles. The maximum absolute atomic E-state index is 6.21. The van der Waals surface area contributed by atoms with Crippen LogP contribution in [0.15, 0.2) is 133 Å². The van der Waals surface area contributed by atoms with Gasteiger partial charge in [0.1, 0.15) is 5.75 Å². The molecule has 6 aromatic rings. The van der Waals surface area contributed by atoms with E-state index in [1.165, 1.54) is 64.7 Å². The van der Waals surface area contributed by atoms with Gasteiger partial charge < -0.3 is 9.64 Å². The minimum absolute atomic E-state index is 0.0877. The third-order valence-corrected chi connectivity index (χ3v) is 10.0. The Morgan fingerprint density at radius 1 is 0.767 bits per heavy atom. The van der Waals surface area contributed by atoms with Crippen molar-refractivity contribution in [1.82, 2.24) is 0 Å². The summed E-state index contributed by atoms with van der Waals surface area (Å²) in [6, 6.07) is 35.7. The van der Waals surface area contributed by atoms with Crippen LogP contribution in [0.5, 0.6) is 5.75 Å². The minimum Gasteiger partial charge on any atom is -0.476 e. The minimum atomic E-state index is -0.0877. The molecular weight excluding hydrogens is 543 g/mol. The molecule has 0 spiro atoms. The highest BCUT2D eigenvalue weighted by Crippen LogP contribution is 2.45. The summed E-state index contributed by atoms with van der Waals surface area (Å²) in [5.74, 6) is 7.45. The number of hydrogen-bond acceptors (Lipinski definition) is 3. The lowest BCUT2D eigenvalue weighted by molar-refractivity contribution is 0.279. The van der Waals surface area contributed by atoms with Crippen molar-refractivity contribution in [2.24, 2.45) is 0 Å². The molecule has 3 heteroatoms. The van der Waals surface area contributed by atoms with Crippen molar-refractivity contribution in [1.29, 1.82) is 0 Å². The van der Waals surface area contributed by atoms with Crippen LogP contribution in [0.25, 0.3) is 42.1 Å². The van der Waals surface area contributed by atoms with Crippen molar-refractivity contribution < 1.29 is 4.74 Å². The molecule has 3 aliphatic rings. The average Bonchev–Trinajstić information content (AvgIpc) is 3.64. The zero-order chi connectivity index (χ0) is 28.3. The molecular formula is C40H27NOS. The van der Waals surface area contributed by atoms with E-state index < -0.39 is 0 Å². The lowest BCUT2D eigenvalue weighted by atomic mass is 9.88. The first-order valence-electron chi connectivity index (χ1n) is 14.9. The molecule has 2 unspecified atom stereocenters. The predicted molar refractivity (Wildman–Crippen MR) is 181 cm³/mol. The van der Waals surface area contributed by atoms with Gasteiger partial charge in [-0.2, -0.15) is 0 Å². The van der Waals surface area contributed by atoms with Crippen LogP contribution < -0.4 is 9.64 Å². The Balaban J connectivity index is 1.11. The Morgan fingerprint density at radius 2 is 1.60 bits per heavy atom. The van der Waals surface area contributed by atoms with Crippen LogP contribution in [-0.4, -0.2) is 6.10 Å². The molecule has 9 rings (SSSR count). The highest BCUT2D eigenvalue weighted by atomic mass is 32.1. The average molecular weight is 570 g/mol. The Labute approximate surface area is 254 Å². The van der Waals surface area contributed by atoms with E-state index >= 15 is 0 Å². The van der Waals surface area contributed by atoms with Gasteiger partial charge in [-0.05, 0) is 89.4 Å². The second-order valence-corrected chi connectivity index (χ2v) is 12.5. The van der Waals surface area contributed by atoms with Gasteiger partial charge in [0.2, 0.25) is 0 Å². The standard InChI is InChI=1S/C40H27NOS/c1-2-8-29(9-3-1)41(31-21-22-33-32-10-5-7-13-38(32)43-39(33)25-31)30-19-16-26(17-20-30)28-15-14-27-18-23-37-40(35(27)24-28)34-11-4-6-12-36(34)42-37/h1-2,4-5,7-8,10-11,13-25,34,36H,3,9H2. The van der Waals surface area contributed by atoms with Crippen LogP contribution in [-0.2, 0) is 0 Å². The molecule has 0 fully saturated rings. The van der Waals surface area contributed by atoms with Crippen LogP contribution in [0.1, 0.15) is 24.3 Å². The zero-order valence-electron chi connectivity index (χ0n) is 23.5. The first kappa shape index (κ1) is 24.5. The van der Waals surface area contributed by atoms with E-state index in [2.05, 4.69) is 138 Å². The largest absolute Gasteiger partial charge is 0.476 e. The lowest BCUT2D eigenvalue weighted by Gasteiger charge is -2.29. The van der Waals surface area contributed by atoms with Gasteiger partial charge >= 0.3 is 0 Å². The normalized spacial score (nSPS) is 18.2. The van der Waals surface area contributed by atoms with Crippen molar-refractivity contribution in [3.63, 3.8) is 0 Å². The molecule has 204 valence electrons. The third-order valence-electron chi connectivity index (χ3n) is 8.91. The summed E-state index contributed by atoms with van der Waals surface area (Å²) in [6.45, 7) is 0. The smallest absolute Gasteiger partial charge is 0.169 e. The Kier molecular flexibility index (Phi) is 5.57. The maximum Gasteiger partial charge on any atom is 0.169 e. The van der Waals surface area contributed by atoms with Gasteiger partial charge in [0.05, 0.1) is 5.92 Å². The molecule has 0 amide bonds. The van der Waals surface area contributed by atoms with E-state index in [0.29, 0.717) is 0 Å². The van der Waals surface area contributed by atoms with Crippen LogP contribution >= 0.6 is 11.3 Å². The fourth-order valence-electron chi connectivity index (χ4n) is 6.82. The monoisotopic (exact) mass is 569 g/mol. The number of ether oxygens (including phenoxy) is 1. The quantitative estimate of drug-likeness (QED) is 0.196. The van der Waals surface area contributed by atoms with Crippen LogP contribution in [0.3, 0.4) is 0 Å². The maximum atomic E-state index is 6.21. The molecule has 0 bridgehead atoms.